The Bertz CT molecular complexity index is 1050. The van der Waals surface area contributed by atoms with E-state index in [1.165, 1.54) is 17.4 Å². The average molecular weight is 490 g/mol. The molecule has 3 aromatic rings. The fraction of sp³-hybridized carbons (Fsp3) is 0.316. The van der Waals surface area contributed by atoms with Crippen LogP contribution in [-0.4, -0.2) is 16.0 Å². The van der Waals surface area contributed by atoms with E-state index in [0.29, 0.717) is 26.2 Å². The van der Waals surface area contributed by atoms with Gasteiger partial charge in [0.2, 0.25) is 0 Å². The minimum atomic E-state index is -4.14. The molecule has 0 spiro atoms. The quantitative estimate of drug-likeness (QED) is 0.378. The Morgan fingerprint density at radius 1 is 1.32 bits per heavy atom. The maximum absolute atomic E-state index is 13.7. The van der Waals surface area contributed by atoms with Crippen molar-refractivity contribution >= 4 is 45.1 Å². The molecule has 0 fully saturated rings. The number of halogens is 3. The van der Waals surface area contributed by atoms with Gasteiger partial charge in [-0.25, -0.2) is 13.8 Å². The summed E-state index contributed by atoms with van der Waals surface area (Å²) in [6.45, 7) is 3.58. The number of pyridine rings is 1. The molecule has 28 heavy (non-hydrogen) atoms. The zero-order valence-electron chi connectivity index (χ0n) is 15.2. The van der Waals surface area contributed by atoms with Crippen LogP contribution in [0.2, 0.25) is 0 Å². The average Bonchev–Trinajstić information content (AvgIpc) is 2.98. The van der Waals surface area contributed by atoms with Crippen LogP contribution >= 0.6 is 34.9 Å². The molecule has 2 heterocycles. The van der Waals surface area contributed by atoms with Crippen LogP contribution in [0.4, 0.5) is 8.78 Å². The van der Waals surface area contributed by atoms with Gasteiger partial charge in [-0.2, -0.15) is 0 Å². The number of nitrogens with zero attached hydrogens (tertiary/aromatic N) is 1. The van der Waals surface area contributed by atoms with Crippen molar-refractivity contribution in [2.75, 3.05) is 0 Å². The molecule has 1 aromatic carbocycles. The summed E-state index contributed by atoms with van der Waals surface area (Å²) in [5, 5.41) is 0.821. The fourth-order valence-electron chi connectivity index (χ4n) is 2.79. The lowest BCUT2D eigenvalue weighted by Gasteiger charge is -2.25. The Hall–Kier alpha value is -1.18. The Kier molecular flexibility index (Phi) is 6.67. The van der Waals surface area contributed by atoms with Gasteiger partial charge in [-0.3, -0.25) is 4.57 Å². The third-order valence-corrected chi connectivity index (χ3v) is 8.86. The lowest BCUT2D eigenvalue weighted by atomic mass is 10.1. The molecule has 0 amide bonds. The van der Waals surface area contributed by atoms with Crippen LogP contribution in [0.1, 0.15) is 36.4 Å². The molecule has 0 aliphatic heterocycles. The molecule has 0 aliphatic rings. The van der Waals surface area contributed by atoms with Crippen molar-refractivity contribution in [3.8, 4) is 0 Å². The van der Waals surface area contributed by atoms with Crippen LogP contribution in [0.3, 0.4) is 0 Å². The van der Waals surface area contributed by atoms with Crippen LogP contribution in [0.15, 0.2) is 41.0 Å². The van der Waals surface area contributed by atoms with Crippen molar-refractivity contribution in [3.05, 3.63) is 63.1 Å². The van der Waals surface area contributed by atoms with Crippen molar-refractivity contribution in [2.45, 2.75) is 38.5 Å². The van der Waals surface area contributed by atoms with E-state index in [1.807, 2.05) is 13.0 Å². The van der Waals surface area contributed by atoms with Crippen molar-refractivity contribution in [3.63, 3.8) is 0 Å². The van der Waals surface area contributed by atoms with Crippen LogP contribution in [0.25, 0.3) is 10.2 Å². The summed E-state index contributed by atoms with van der Waals surface area (Å²) in [6, 6.07) is 7.11. The second kappa shape index (κ2) is 8.67. The van der Waals surface area contributed by atoms with Crippen molar-refractivity contribution in [2.24, 2.45) is 0 Å². The van der Waals surface area contributed by atoms with E-state index in [4.69, 9.17) is 4.52 Å². The summed E-state index contributed by atoms with van der Waals surface area (Å²) in [5.74, 6) is -1.96. The van der Waals surface area contributed by atoms with Gasteiger partial charge in [0.05, 0.1) is 6.10 Å². The molecule has 2 aromatic heterocycles. The second-order valence-corrected chi connectivity index (χ2v) is 10.3. The van der Waals surface area contributed by atoms with Crippen molar-refractivity contribution < 1.29 is 22.8 Å². The number of benzene rings is 1. The molecule has 0 bridgehead atoms. The smallest absolute Gasteiger partial charge is 0.324 e. The molecule has 3 atom stereocenters. The van der Waals surface area contributed by atoms with Crippen molar-refractivity contribution in [1.29, 1.82) is 0 Å². The number of fused-ring (bicyclic) bond motifs is 1. The molecule has 1 N–H and O–H groups in total. The predicted octanol–water partition coefficient (Wildman–Crippen LogP) is 6.62. The number of hydrogen-bond acceptors (Lipinski definition) is 4. The first-order valence-electron chi connectivity index (χ1n) is 8.70. The first kappa shape index (κ1) is 21.5. The van der Waals surface area contributed by atoms with Gasteiger partial charge in [0.25, 0.3) is 0 Å². The van der Waals surface area contributed by atoms with Crippen LogP contribution in [0, 0.1) is 11.6 Å². The van der Waals surface area contributed by atoms with E-state index < -0.39 is 31.0 Å². The molecule has 4 nitrogen and oxygen atoms in total. The first-order chi connectivity index (χ1) is 13.2. The number of aromatic nitrogens is 1. The van der Waals surface area contributed by atoms with Gasteiger partial charge in [-0.15, -0.1) is 11.3 Å². The monoisotopic (exact) mass is 489 g/mol. The van der Waals surface area contributed by atoms with Gasteiger partial charge in [0.15, 0.2) is 11.6 Å². The highest BCUT2D eigenvalue weighted by Crippen LogP contribution is 2.61. The molecule has 0 radical (unpaired) electrons. The van der Waals surface area contributed by atoms with Gasteiger partial charge in [0, 0.05) is 20.9 Å². The highest BCUT2D eigenvalue weighted by molar-refractivity contribution is 9.10. The Balaban J connectivity index is 2.08. The minimum Gasteiger partial charge on any atom is -0.324 e. The molecule has 3 unspecified atom stereocenters. The molecule has 9 heteroatoms. The summed E-state index contributed by atoms with van der Waals surface area (Å²) < 4.78 is 46.3. The topological polar surface area (TPSA) is 59.4 Å². The Labute approximate surface area is 174 Å². The summed E-state index contributed by atoms with van der Waals surface area (Å²) in [6.07, 6.45) is 1.81. The van der Waals surface area contributed by atoms with Crippen LogP contribution in [0.5, 0.6) is 0 Å². The molecular weight excluding hydrogens is 471 g/mol. The largest absolute Gasteiger partial charge is 0.336 e. The number of hydrogen-bond donors (Lipinski definition) is 1. The summed E-state index contributed by atoms with van der Waals surface area (Å²) >= 11 is 4.80. The third kappa shape index (κ3) is 4.52. The lowest BCUT2D eigenvalue weighted by molar-refractivity contribution is 0.180. The SMILES string of the molecule is CCC(C)OP(=O)(O)C(Cc1ccc(F)c(F)c1)c1sc2ncccc2c1Br. The Morgan fingerprint density at radius 2 is 2.07 bits per heavy atom. The third-order valence-electron chi connectivity index (χ3n) is 4.45. The van der Waals surface area contributed by atoms with Gasteiger partial charge in [-0.05, 0) is 65.5 Å². The molecule has 0 saturated carbocycles. The molecule has 0 saturated heterocycles. The molecule has 0 aliphatic carbocycles. The van der Waals surface area contributed by atoms with Crippen LogP contribution in [-0.2, 0) is 15.5 Å². The highest BCUT2D eigenvalue weighted by atomic mass is 79.9. The first-order valence-corrected chi connectivity index (χ1v) is 12.0. The van der Waals surface area contributed by atoms with E-state index in [2.05, 4.69) is 20.9 Å². The second-order valence-electron chi connectivity index (χ2n) is 6.49. The van der Waals surface area contributed by atoms with Gasteiger partial charge < -0.3 is 9.42 Å². The summed E-state index contributed by atoms with van der Waals surface area (Å²) in [7, 11) is -4.14. The van der Waals surface area contributed by atoms with E-state index in [0.717, 1.165) is 17.5 Å². The van der Waals surface area contributed by atoms with E-state index >= 15 is 0 Å². The molecule has 3 rings (SSSR count). The normalized spacial score (nSPS) is 16.1. The summed E-state index contributed by atoms with van der Waals surface area (Å²) in [5.41, 5.74) is -0.539. The molecule has 150 valence electrons. The summed E-state index contributed by atoms with van der Waals surface area (Å²) in [4.78, 5) is 16.4. The fourth-order valence-corrected chi connectivity index (χ4v) is 7.19. The van der Waals surface area contributed by atoms with Crippen LogP contribution < -0.4 is 0 Å². The van der Waals surface area contributed by atoms with Gasteiger partial charge in [0.1, 0.15) is 10.5 Å². The lowest BCUT2D eigenvalue weighted by Crippen LogP contribution is -2.11. The van der Waals surface area contributed by atoms with Gasteiger partial charge in [-0.1, -0.05) is 13.0 Å². The van der Waals surface area contributed by atoms with E-state index in [1.54, 1.807) is 19.2 Å². The number of rotatable bonds is 7. The zero-order valence-corrected chi connectivity index (χ0v) is 18.5. The standard InChI is InChI=1S/C19H19BrF2NO3PS/c1-3-11(2)26-27(24,25)16(10-12-6-7-14(21)15(22)9-12)18-17(20)13-5-4-8-23-19(13)28-18/h4-9,11,16H,3,10H2,1-2H3,(H,24,25). The zero-order chi connectivity index (χ0) is 20.5. The van der Waals surface area contributed by atoms with E-state index in [9.17, 15) is 18.2 Å². The predicted molar refractivity (Wildman–Crippen MR) is 111 cm³/mol. The highest BCUT2D eigenvalue weighted by Gasteiger charge is 2.38. The van der Waals surface area contributed by atoms with Crippen molar-refractivity contribution in [1.82, 2.24) is 4.98 Å². The molecular formula is C19H19BrF2NO3PS. The Morgan fingerprint density at radius 3 is 2.71 bits per heavy atom. The maximum Gasteiger partial charge on any atom is 0.336 e. The van der Waals surface area contributed by atoms with E-state index in [-0.39, 0.29) is 6.42 Å². The minimum absolute atomic E-state index is 0.0207. The van der Waals surface area contributed by atoms with Gasteiger partial charge >= 0.3 is 7.60 Å². The number of thiophene rings is 1. The maximum atomic E-state index is 13.7.